The number of pyridine rings is 1. The fourth-order valence-electron chi connectivity index (χ4n) is 9.33. The highest BCUT2D eigenvalue weighted by Crippen LogP contribution is 2.42. The third-order valence-electron chi connectivity index (χ3n) is 12.3. The molecule has 0 aliphatic heterocycles. The average molecular weight is 817 g/mol. The third kappa shape index (κ3) is 6.14. The number of para-hydroxylation sites is 3. The first-order valence-corrected chi connectivity index (χ1v) is 21.3. The van der Waals surface area contributed by atoms with Crippen molar-refractivity contribution in [1.82, 2.24) is 24.1 Å². The summed E-state index contributed by atoms with van der Waals surface area (Å²) in [5, 5.41) is 14.6. The smallest absolute Gasteiger partial charge is 0.160 e. The lowest BCUT2D eigenvalue weighted by atomic mass is 9.97. The first-order chi connectivity index (χ1) is 31.7. The Kier molecular flexibility index (Phi) is 8.77. The summed E-state index contributed by atoms with van der Waals surface area (Å²) in [5.41, 5.74) is 15.8. The summed E-state index contributed by atoms with van der Waals surface area (Å²) in [6.07, 6.45) is 3.59. The van der Waals surface area contributed by atoms with Gasteiger partial charge in [-0.25, -0.2) is 9.97 Å². The van der Waals surface area contributed by atoms with E-state index < -0.39 is 0 Å². The van der Waals surface area contributed by atoms with Gasteiger partial charge in [0, 0.05) is 56.2 Å². The molecule has 0 fully saturated rings. The standard InChI is InChI=1S/C58H36N6/c59-37-38-23-26-55(47(33-38)39-29-31-60-32-30-39)64-54-22-12-9-19-46(54)48-34-42(24-27-56(48)64)43-25-28-57(63-52-20-10-7-17-44(52)45-18-8-11-21-53(45)63)49(35-43)51-36-50(40-13-3-1-4-14-40)61-58(62-51)41-15-5-2-6-16-41/h1-36H. The molecule has 12 rings (SSSR count). The van der Waals surface area contributed by atoms with Crippen LogP contribution in [0.4, 0.5) is 0 Å². The lowest BCUT2D eigenvalue weighted by Gasteiger charge is -2.17. The molecule has 12 aromatic rings. The van der Waals surface area contributed by atoms with E-state index in [1.54, 1.807) is 12.4 Å². The van der Waals surface area contributed by atoms with Crippen molar-refractivity contribution in [3.63, 3.8) is 0 Å². The normalized spacial score (nSPS) is 11.4. The van der Waals surface area contributed by atoms with Crippen LogP contribution < -0.4 is 0 Å². The number of benzene rings is 8. The van der Waals surface area contributed by atoms with Gasteiger partial charge in [0.2, 0.25) is 0 Å². The molecule has 0 radical (unpaired) electrons. The maximum Gasteiger partial charge on any atom is 0.160 e. The van der Waals surface area contributed by atoms with Crippen LogP contribution in [-0.4, -0.2) is 24.1 Å². The molecule has 4 heterocycles. The van der Waals surface area contributed by atoms with Crippen LogP contribution in [-0.2, 0) is 0 Å². The molecule has 0 spiro atoms. The summed E-state index contributed by atoms with van der Waals surface area (Å²) in [7, 11) is 0. The fraction of sp³-hybridized carbons (Fsp3) is 0. The lowest BCUT2D eigenvalue weighted by Crippen LogP contribution is -2.01. The maximum atomic E-state index is 9.92. The van der Waals surface area contributed by atoms with Gasteiger partial charge in [0.15, 0.2) is 5.82 Å². The Balaban J connectivity index is 1.11. The minimum atomic E-state index is 0.606. The molecule has 298 valence electrons. The number of nitrogens with zero attached hydrogens (tertiary/aromatic N) is 6. The van der Waals surface area contributed by atoms with Crippen molar-refractivity contribution >= 4 is 43.6 Å². The first-order valence-electron chi connectivity index (χ1n) is 21.3. The highest BCUT2D eigenvalue weighted by atomic mass is 15.0. The number of nitriles is 1. The largest absolute Gasteiger partial charge is 0.309 e. The van der Waals surface area contributed by atoms with Crippen molar-refractivity contribution in [2.75, 3.05) is 0 Å². The molecule has 0 saturated carbocycles. The Morgan fingerprint density at radius 3 is 1.53 bits per heavy atom. The predicted molar refractivity (Wildman–Crippen MR) is 260 cm³/mol. The van der Waals surface area contributed by atoms with Crippen LogP contribution in [0.15, 0.2) is 219 Å². The number of hydrogen-bond acceptors (Lipinski definition) is 4. The van der Waals surface area contributed by atoms with E-state index in [0.717, 1.165) is 94.5 Å². The summed E-state index contributed by atoms with van der Waals surface area (Å²) in [6.45, 7) is 0. The van der Waals surface area contributed by atoms with E-state index in [1.165, 1.54) is 10.8 Å². The average Bonchev–Trinajstić information content (AvgIpc) is 3.89. The molecule has 0 amide bonds. The minimum Gasteiger partial charge on any atom is -0.309 e. The van der Waals surface area contributed by atoms with Crippen LogP contribution >= 0.6 is 0 Å². The minimum absolute atomic E-state index is 0.606. The molecule has 0 unspecified atom stereocenters. The van der Waals surface area contributed by atoms with Crippen LogP contribution in [0.1, 0.15) is 5.56 Å². The summed E-state index contributed by atoms with van der Waals surface area (Å²) in [6, 6.07) is 74.4. The van der Waals surface area contributed by atoms with Crippen molar-refractivity contribution in [3.05, 3.63) is 224 Å². The monoisotopic (exact) mass is 816 g/mol. The Morgan fingerprint density at radius 2 is 0.875 bits per heavy atom. The molecule has 0 atom stereocenters. The number of aromatic nitrogens is 5. The zero-order valence-corrected chi connectivity index (χ0v) is 34.5. The van der Waals surface area contributed by atoms with Gasteiger partial charge in [-0.15, -0.1) is 0 Å². The second-order valence-corrected chi connectivity index (χ2v) is 16.0. The van der Waals surface area contributed by atoms with Crippen molar-refractivity contribution in [2.24, 2.45) is 0 Å². The van der Waals surface area contributed by atoms with Crippen molar-refractivity contribution < 1.29 is 0 Å². The summed E-state index contributed by atoms with van der Waals surface area (Å²) >= 11 is 0. The molecule has 6 nitrogen and oxygen atoms in total. The van der Waals surface area contributed by atoms with Crippen molar-refractivity contribution in [2.45, 2.75) is 0 Å². The lowest BCUT2D eigenvalue weighted by molar-refractivity contribution is 1.15. The van der Waals surface area contributed by atoms with E-state index >= 15 is 0 Å². The van der Waals surface area contributed by atoms with Crippen molar-refractivity contribution in [1.29, 1.82) is 5.26 Å². The Hall–Kier alpha value is -8.92. The zero-order valence-electron chi connectivity index (χ0n) is 34.5. The van der Waals surface area contributed by atoms with E-state index in [1.807, 2.05) is 48.5 Å². The molecule has 64 heavy (non-hydrogen) atoms. The van der Waals surface area contributed by atoms with Crippen LogP contribution in [0.25, 0.3) is 111 Å². The van der Waals surface area contributed by atoms with Crippen LogP contribution in [0.3, 0.4) is 0 Å². The quantitative estimate of drug-likeness (QED) is 0.161. The third-order valence-corrected chi connectivity index (χ3v) is 12.3. The highest BCUT2D eigenvalue weighted by molar-refractivity contribution is 6.12. The van der Waals surface area contributed by atoms with E-state index in [-0.39, 0.29) is 0 Å². The van der Waals surface area contributed by atoms with Gasteiger partial charge in [-0.05, 0) is 95.6 Å². The Labute approximate surface area is 369 Å². The molecular formula is C58H36N6. The second-order valence-electron chi connectivity index (χ2n) is 16.0. The van der Waals surface area contributed by atoms with E-state index in [9.17, 15) is 5.26 Å². The maximum absolute atomic E-state index is 9.92. The zero-order chi connectivity index (χ0) is 42.6. The molecule has 0 saturated heterocycles. The molecule has 8 aromatic carbocycles. The van der Waals surface area contributed by atoms with Crippen LogP contribution in [0.2, 0.25) is 0 Å². The van der Waals surface area contributed by atoms with Gasteiger partial charge in [-0.1, -0.05) is 127 Å². The second kappa shape index (κ2) is 15.2. The van der Waals surface area contributed by atoms with E-state index in [2.05, 4.69) is 178 Å². The molecule has 0 bridgehead atoms. The fourth-order valence-corrected chi connectivity index (χ4v) is 9.33. The number of fused-ring (bicyclic) bond motifs is 6. The Morgan fingerprint density at radius 1 is 0.359 bits per heavy atom. The molecule has 0 aliphatic carbocycles. The summed E-state index contributed by atoms with van der Waals surface area (Å²) < 4.78 is 4.70. The Bertz CT molecular complexity index is 3680. The van der Waals surface area contributed by atoms with Crippen LogP contribution in [0, 0.1) is 11.3 Å². The predicted octanol–water partition coefficient (Wildman–Crippen LogP) is 14.3. The first kappa shape index (κ1) is 36.9. The van der Waals surface area contributed by atoms with Gasteiger partial charge in [-0.2, -0.15) is 5.26 Å². The van der Waals surface area contributed by atoms with Gasteiger partial charge in [0.1, 0.15) is 0 Å². The molecule has 0 aliphatic rings. The summed E-state index contributed by atoms with van der Waals surface area (Å²) in [5.74, 6) is 0.665. The SMILES string of the molecule is N#Cc1ccc(-n2c3ccccc3c3cc(-c4ccc(-n5c6ccccc6c6ccccc65)c(-c5cc(-c6ccccc6)nc(-c6ccccc6)n5)c4)ccc32)c(-c2ccncc2)c1. The van der Waals surface area contributed by atoms with Crippen LogP contribution in [0.5, 0.6) is 0 Å². The molecule has 4 aromatic heterocycles. The van der Waals surface area contributed by atoms with Gasteiger partial charge in [0.25, 0.3) is 0 Å². The van der Waals surface area contributed by atoms with E-state index in [0.29, 0.717) is 11.4 Å². The van der Waals surface area contributed by atoms with Gasteiger partial charge in [-0.3, -0.25) is 4.98 Å². The number of rotatable bonds is 7. The molecule has 0 N–H and O–H groups in total. The highest BCUT2D eigenvalue weighted by Gasteiger charge is 2.21. The topological polar surface area (TPSA) is 72.3 Å². The van der Waals surface area contributed by atoms with Gasteiger partial charge in [0.05, 0.1) is 56.5 Å². The molecule has 6 heteroatoms. The number of hydrogen-bond donors (Lipinski definition) is 0. The van der Waals surface area contributed by atoms with E-state index in [4.69, 9.17) is 9.97 Å². The molecular weight excluding hydrogens is 781 g/mol. The van der Waals surface area contributed by atoms with Crippen molar-refractivity contribution in [3.8, 4) is 73.6 Å². The van der Waals surface area contributed by atoms with Gasteiger partial charge >= 0.3 is 0 Å². The summed E-state index contributed by atoms with van der Waals surface area (Å²) in [4.78, 5) is 14.8. The van der Waals surface area contributed by atoms with Gasteiger partial charge < -0.3 is 9.13 Å².